The summed E-state index contributed by atoms with van der Waals surface area (Å²) >= 11 is 0. The predicted molar refractivity (Wildman–Crippen MR) is 103 cm³/mol. The zero-order valence-corrected chi connectivity index (χ0v) is 15.2. The normalized spacial score (nSPS) is 15.0. The molecule has 4 rings (SSSR count). The van der Waals surface area contributed by atoms with Crippen molar-refractivity contribution in [2.24, 2.45) is 0 Å². The molecule has 2 heteroatoms. The monoisotopic (exact) mass is 330 g/mol. The number of hydrogen-bond donors (Lipinski definition) is 1. The summed E-state index contributed by atoms with van der Waals surface area (Å²) in [6.45, 7) is 4.92. The Morgan fingerprint density at radius 1 is 0.708 bits per heavy atom. The minimum Gasteiger partial charge on any atom is -0.395 e. The van der Waals surface area contributed by atoms with Gasteiger partial charge in [-0.05, 0) is 22.3 Å². The van der Waals surface area contributed by atoms with Crippen LogP contribution in [-0.2, 0) is 5.04 Å². The Labute approximate surface area is 144 Å². The maximum Gasteiger partial charge on any atom is 0.0992 e. The Bertz CT molecular complexity index is 838. The standard InChI is InChI=1S/C22H22OSi/c1-24(2,17-10-4-3-5-11-17)22(16-23)20-14-8-6-12-18(20)19-13-7-9-15-21(19)22/h3-15,23H,16H2,1-2H3. The topological polar surface area (TPSA) is 20.2 Å². The molecule has 1 N–H and O–H groups in total. The van der Waals surface area contributed by atoms with E-state index in [0.29, 0.717) is 0 Å². The summed E-state index contributed by atoms with van der Waals surface area (Å²) in [6, 6.07) is 28.0. The van der Waals surface area contributed by atoms with E-state index in [4.69, 9.17) is 0 Å². The Hall–Kier alpha value is -2.16. The first-order valence-corrected chi connectivity index (χ1v) is 11.5. The van der Waals surface area contributed by atoms with E-state index in [-0.39, 0.29) is 11.6 Å². The average Bonchev–Trinajstić information content (AvgIpc) is 2.94. The molecule has 0 amide bonds. The molecule has 0 aliphatic heterocycles. The van der Waals surface area contributed by atoms with E-state index >= 15 is 0 Å². The first-order valence-electron chi connectivity index (χ1n) is 8.49. The third-order valence-corrected chi connectivity index (χ3v) is 10.5. The molecular weight excluding hydrogens is 308 g/mol. The summed E-state index contributed by atoms with van der Waals surface area (Å²) < 4.78 is 0. The van der Waals surface area contributed by atoms with E-state index in [1.807, 2.05) is 0 Å². The van der Waals surface area contributed by atoms with Crippen LogP contribution in [0, 0.1) is 0 Å². The van der Waals surface area contributed by atoms with Gasteiger partial charge in [-0.1, -0.05) is 97.1 Å². The van der Waals surface area contributed by atoms with Gasteiger partial charge in [-0.3, -0.25) is 0 Å². The smallest absolute Gasteiger partial charge is 0.0992 e. The lowest BCUT2D eigenvalue weighted by Gasteiger charge is -2.43. The van der Waals surface area contributed by atoms with Gasteiger partial charge in [0.15, 0.2) is 0 Å². The lowest BCUT2D eigenvalue weighted by molar-refractivity contribution is 0.260. The number of fused-ring (bicyclic) bond motifs is 3. The molecule has 0 spiro atoms. The summed E-state index contributed by atoms with van der Waals surface area (Å²) in [5.74, 6) is 0. The maximum absolute atomic E-state index is 10.7. The molecule has 0 atom stereocenters. The second kappa shape index (κ2) is 5.44. The highest BCUT2D eigenvalue weighted by molar-refractivity contribution is 6.93. The molecule has 1 aliphatic carbocycles. The second-order valence-electron chi connectivity index (χ2n) is 7.15. The number of rotatable bonds is 3. The molecule has 0 heterocycles. The SMILES string of the molecule is C[Si](C)(c1ccccc1)C1(CO)c2ccccc2-c2ccccc21. The summed E-state index contributed by atoms with van der Waals surface area (Å²) in [4.78, 5) is 0. The number of aliphatic hydroxyl groups excluding tert-OH is 1. The van der Waals surface area contributed by atoms with Gasteiger partial charge < -0.3 is 5.11 Å². The van der Waals surface area contributed by atoms with Crippen molar-refractivity contribution >= 4 is 13.3 Å². The van der Waals surface area contributed by atoms with Crippen LogP contribution >= 0.6 is 0 Å². The van der Waals surface area contributed by atoms with Crippen molar-refractivity contribution in [2.75, 3.05) is 6.61 Å². The number of hydrogen-bond acceptors (Lipinski definition) is 1. The molecule has 120 valence electrons. The van der Waals surface area contributed by atoms with Crippen LogP contribution in [0.15, 0.2) is 78.9 Å². The quantitative estimate of drug-likeness (QED) is 0.717. The fourth-order valence-electron chi connectivity index (χ4n) is 4.47. The van der Waals surface area contributed by atoms with Gasteiger partial charge >= 0.3 is 0 Å². The highest BCUT2D eigenvalue weighted by atomic mass is 28.3. The van der Waals surface area contributed by atoms with Crippen LogP contribution in [0.3, 0.4) is 0 Å². The highest BCUT2D eigenvalue weighted by Gasteiger charge is 2.54. The first kappa shape index (κ1) is 15.4. The van der Waals surface area contributed by atoms with Crippen LogP contribution in [0.5, 0.6) is 0 Å². The van der Waals surface area contributed by atoms with Crippen LogP contribution in [0.4, 0.5) is 0 Å². The summed E-state index contributed by atoms with van der Waals surface area (Å²) in [5.41, 5.74) is 5.13. The van der Waals surface area contributed by atoms with Crippen LogP contribution in [-0.4, -0.2) is 19.8 Å². The van der Waals surface area contributed by atoms with Crippen LogP contribution < -0.4 is 5.19 Å². The van der Waals surface area contributed by atoms with Crippen LogP contribution in [0.25, 0.3) is 11.1 Å². The molecular formula is C22H22OSi. The maximum atomic E-state index is 10.7. The van der Waals surface area contributed by atoms with Crippen molar-refractivity contribution in [3.63, 3.8) is 0 Å². The molecule has 0 radical (unpaired) electrons. The number of benzene rings is 3. The van der Waals surface area contributed by atoms with Crippen molar-refractivity contribution < 1.29 is 5.11 Å². The Morgan fingerprint density at radius 3 is 1.67 bits per heavy atom. The third kappa shape index (κ3) is 1.84. The van der Waals surface area contributed by atoms with Gasteiger partial charge in [0, 0.05) is 5.04 Å². The van der Waals surface area contributed by atoms with Crippen molar-refractivity contribution in [3.8, 4) is 11.1 Å². The summed E-state index contributed by atoms with van der Waals surface area (Å²) in [7, 11) is -2.05. The van der Waals surface area contributed by atoms with E-state index in [0.717, 1.165) is 0 Å². The van der Waals surface area contributed by atoms with E-state index < -0.39 is 8.07 Å². The predicted octanol–water partition coefficient (Wildman–Crippen LogP) is 4.10. The Morgan fingerprint density at radius 2 is 1.17 bits per heavy atom. The lowest BCUT2D eigenvalue weighted by atomic mass is 9.96. The third-order valence-electron chi connectivity index (χ3n) is 5.86. The van der Waals surface area contributed by atoms with Gasteiger partial charge in [-0.15, -0.1) is 0 Å². The number of aliphatic hydroxyl groups is 1. The van der Waals surface area contributed by atoms with E-state index in [2.05, 4.69) is 92.0 Å². The fourth-order valence-corrected chi connectivity index (χ4v) is 8.16. The Kier molecular flexibility index (Phi) is 3.48. The zero-order valence-electron chi connectivity index (χ0n) is 14.2. The second-order valence-corrected chi connectivity index (χ2v) is 11.8. The van der Waals surface area contributed by atoms with Gasteiger partial charge in [0.1, 0.15) is 0 Å². The van der Waals surface area contributed by atoms with E-state index in [9.17, 15) is 5.11 Å². The molecule has 0 unspecified atom stereocenters. The van der Waals surface area contributed by atoms with E-state index in [1.165, 1.54) is 27.4 Å². The van der Waals surface area contributed by atoms with Gasteiger partial charge in [0.25, 0.3) is 0 Å². The average molecular weight is 331 g/mol. The molecule has 0 aromatic heterocycles. The minimum absolute atomic E-state index is 0.148. The van der Waals surface area contributed by atoms with Crippen LogP contribution in [0.2, 0.25) is 13.1 Å². The molecule has 0 bridgehead atoms. The van der Waals surface area contributed by atoms with Crippen molar-refractivity contribution in [1.29, 1.82) is 0 Å². The molecule has 0 saturated carbocycles. The van der Waals surface area contributed by atoms with Crippen molar-refractivity contribution in [3.05, 3.63) is 90.0 Å². The molecule has 24 heavy (non-hydrogen) atoms. The Balaban J connectivity index is 2.07. The first-order chi connectivity index (χ1) is 11.6. The van der Waals surface area contributed by atoms with Gasteiger partial charge in [-0.2, -0.15) is 0 Å². The minimum atomic E-state index is -2.05. The largest absolute Gasteiger partial charge is 0.395 e. The van der Waals surface area contributed by atoms with E-state index in [1.54, 1.807) is 0 Å². The lowest BCUT2D eigenvalue weighted by Crippen LogP contribution is -2.61. The fraction of sp³-hybridized carbons (Fsp3) is 0.182. The van der Waals surface area contributed by atoms with Crippen molar-refractivity contribution in [1.82, 2.24) is 0 Å². The van der Waals surface area contributed by atoms with Gasteiger partial charge in [0.05, 0.1) is 14.7 Å². The van der Waals surface area contributed by atoms with Crippen LogP contribution in [0.1, 0.15) is 11.1 Å². The zero-order chi connectivity index (χ0) is 16.8. The molecule has 0 fully saturated rings. The molecule has 3 aromatic rings. The highest BCUT2D eigenvalue weighted by Crippen LogP contribution is 2.52. The van der Waals surface area contributed by atoms with Gasteiger partial charge in [0.2, 0.25) is 0 Å². The molecule has 3 aromatic carbocycles. The molecule has 1 aliphatic rings. The van der Waals surface area contributed by atoms with Crippen molar-refractivity contribution in [2.45, 2.75) is 18.1 Å². The molecule has 0 saturated heterocycles. The molecule has 1 nitrogen and oxygen atoms in total. The summed E-state index contributed by atoms with van der Waals surface area (Å²) in [5, 5.41) is 11.8. The van der Waals surface area contributed by atoms with Gasteiger partial charge in [-0.25, -0.2) is 0 Å². The summed E-state index contributed by atoms with van der Waals surface area (Å²) in [6.07, 6.45) is 0.